The molecule has 0 bridgehead atoms. The zero-order chi connectivity index (χ0) is 13.0. The molecule has 0 saturated heterocycles. The van der Waals surface area contributed by atoms with Gasteiger partial charge in [-0.05, 0) is 24.3 Å². The fraction of sp³-hybridized carbons (Fsp3) is 0.0833. The van der Waals surface area contributed by atoms with Crippen LogP contribution in [0.4, 0.5) is 0 Å². The van der Waals surface area contributed by atoms with E-state index in [1.165, 1.54) is 36.7 Å². The van der Waals surface area contributed by atoms with E-state index in [-0.39, 0.29) is 11.5 Å². The lowest BCUT2D eigenvalue weighted by atomic mass is 10.3. The summed E-state index contributed by atoms with van der Waals surface area (Å²) in [4.78, 5) is 26.6. The molecule has 0 unspecified atom stereocenters. The molecule has 2 heterocycles. The van der Waals surface area contributed by atoms with E-state index in [0.29, 0.717) is 10.8 Å². The molecule has 0 aliphatic heterocycles. The number of aromatic nitrogens is 1. The standard InChI is InChI=1S/C12H9NO4S/c1-16-12(15)10-5-3-8(17-10)2-4-9(14)11-13-6-7-18-11/h2-7H,1H3/b4-2-. The minimum atomic E-state index is -0.555. The number of hydrogen-bond acceptors (Lipinski definition) is 6. The molecule has 6 heteroatoms. The molecule has 0 amide bonds. The summed E-state index contributed by atoms with van der Waals surface area (Å²) in [5, 5.41) is 2.13. The van der Waals surface area contributed by atoms with Gasteiger partial charge in [0.1, 0.15) is 5.76 Å². The van der Waals surface area contributed by atoms with Gasteiger partial charge >= 0.3 is 5.97 Å². The summed E-state index contributed by atoms with van der Waals surface area (Å²) < 4.78 is 9.68. The number of carbonyl (C=O) groups is 2. The molecular formula is C12H9NO4S. The van der Waals surface area contributed by atoms with Gasteiger partial charge in [0.05, 0.1) is 7.11 Å². The first-order chi connectivity index (χ1) is 8.70. The van der Waals surface area contributed by atoms with Crippen LogP contribution in [0.1, 0.15) is 26.1 Å². The number of nitrogens with zero attached hydrogens (tertiary/aromatic N) is 1. The van der Waals surface area contributed by atoms with Gasteiger partial charge in [0.25, 0.3) is 0 Å². The topological polar surface area (TPSA) is 69.4 Å². The Morgan fingerprint density at radius 3 is 2.94 bits per heavy atom. The Balaban J connectivity index is 2.08. The summed E-state index contributed by atoms with van der Waals surface area (Å²) in [6, 6.07) is 3.07. The SMILES string of the molecule is COC(=O)c1ccc(/C=C\C(=O)c2nccs2)o1. The van der Waals surface area contributed by atoms with Crippen molar-refractivity contribution in [1.82, 2.24) is 4.98 Å². The first-order valence-electron chi connectivity index (χ1n) is 5.01. The molecular weight excluding hydrogens is 254 g/mol. The second-order valence-corrected chi connectivity index (χ2v) is 4.12. The number of allylic oxidation sites excluding steroid dienone is 1. The largest absolute Gasteiger partial charge is 0.463 e. The van der Waals surface area contributed by atoms with E-state index < -0.39 is 5.97 Å². The first-order valence-corrected chi connectivity index (χ1v) is 5.88. The minimum Gasteiger partial charge on any atom is -0.463 e. The highest BCUT2D eigenvalue weighted by Gasteiger charge is 2.10. The lowest BCUT2D eigenvalue weighted by Gasteiger charge is -1.91. The summed E-state index contributed by atoms with van der Waals surface area (Å²) >= 11 is 1.26. The van der Waals surface area contributed by atoms with Crippen LogP contribution in [0.3, 0.4) is 0 Å². The molecule has 0 spiro atoms. The molecule has 2 aromatic rings. The average molecular weight is 263 g/mol. The molecule has 0 saturated carbocycles. The molecule has 0 N–H and O–H groups in total. The van der Waals surface area contributed by atoms with Gasteiger partial charge in [-0.2, -0.15) is 0 Å². The molecule has 2 rings (SSSR count). The molecule has 18 heavy (non-hydrogen) atoms. The Bertz CT molecular complexity index is 583. The number of esters is 1. The molecule has 0 aliphatic carbocycles. The zero-order valence-corrected chi connectivity index (χ0v) is 10.3. The summed E-state index contributed by atoms with van der Waals surface area (Å²) in [6.07, 6.45) is 4.39. The molecule has 0 aliphatic rings. The average Bonchev–Trinajstić information content (AvgIpc) is 3.05. The van der Waals surface area contributed by atoms with Crippen molar-refractivity contribution in [1.29, 1.82) is 0 Å². The number of hydrogen-bond donors (Lipinski definition) is 0. The van der Waals surface area contributed by atoms with E-state index in [9.17, 15) is 9.59 Å². The highest BCUT2D eigenvalue weighted by molar-refractivity contribution is 7.11. The molecule has 0 radical (unpaired) electrons. The van der Waals surface area contributed by atoms with Crippen LogP contribution in [0.5, 0.6) is 0 Å². The van der Waals surface area contributed by atoms with Gasteiger partial charge in [0, 0.05) is 11.6 Å². The first kappa shape index (κ1) is 12.3. The Hall–Kier alpha value is -2.21. The molecule has 0 atom stereocenters. The molecule has 5 nitrogen and oxygen atoms in total. The highest BCUT2D eigenvalue weighted by atomic mass is 32.1. The second-order valence-electron chi connectivity index (χ2n) is 3.23. The van der Waals surface area contributed by atoms with Gasteiger partial charge in [0.15, 0.2) is 5.01 Å². The fourth-order valence-electron chi connectivity index (χ4n) is 1.23. The van der Waals surface area contributed by atoms with Crippen molar-refractivity contribution >= 4 is 29.2 Å². The van der Waals surface area contributed by atoms with Crippen molar-refractivity contribution < 1.29 is 18.7 Å². The van der Waals surface area contributed by atoms with E-state index in [0.717, 1.165) is 0 Å². The Morgan fingerprint density at radius 2 is 2.28 bits per heavy atom. The van der Waals surface area contributed by atoms with Crippen molar-refractivity contribution in [3.05, 3.63) is 46.3 Å². The van der Waals surface area contributed by atoms with Crippen molar-refractivity contribution in [2.75, 3.05) is 7.11 Å². The quantitative estimate of drug-likeness (QED) is 0.481. The maximum Gasteiger partial charge on any atom is 0.373 e. The van der Waals surface area contributed by atoms with E-state index in [1.807, 2.05) is 0 Å². The Labute approximate surface area is 107 Å². The van der Waals surface area contributed by atoms with Gasteiger partial charge in [0.2, 0.25) is 11.5 Å². The normalized spacial score (nSPS) is 10.7. The van der Waals surface area contributed by atoms with Gasteiger partial charge in [-0.25, -0.2) is 9.78 Å². The summed E-state index contributed by atoms with van der Waals surface area (Å²) in [7, 11) is 1.27. The van der Waals surface area contributed by atoms with E-state index >= 15 is 0 Å². The maximum absolute atomic E-state index is 11.6. The van der Waals surface area contributed by atoms with Crippen molar-refractivity contribution in [2.45, 2.75) is 0 Å². The third kappa shape index (κ3) is 2.72. The van der Waals surface area contributed by atoms with Crippen molar-refractivity contribution in [2.24, 2.45) is 0 Å². The smallest absolute Gasteiger partial charge is 0.373 e. The number of ether oxygens (including phenoxy) is 1. The fourth-order valence-corrected chi connectivity index (χ4v) is 1.78. The lowest BCUT2D eigenvalue weighted by molar-refractivity contribution is 0.0564. The van der Waals surface area contributed by atoms with Gasteiger partial charge < -0.3 is 9.15 Å². The number of rotatable bonds is 4. The van der Waals surface area contributed by atoms with Crippen LogP contribution >= 0.6 is 11.3 Å². The molecule has 0 fully saturated rings. The van der Waals surface area contributed by atoms with E-state index in [4.69, 9.17) is 4.42 Å². The Kier molecular flexibility index (Phi) is 3.69. The van der Waals surface area contributed by atoms with Crippen LogP contribution in [0.15, 0.2) is 34.2 Å². The molecule has 92 valence electrons. The van der Waals surface area contributed by atoms with Gasteiger partial charge in [-0.15, -0.1) is 11.3 Å². The van der Waals surface area contributed by atoms with Crippen molar-refractivity contribution in [3.63, 3.8) is 0 Å². The summed E-state index contributed by atoms with van der Waals surface area (Å²) in [5.74, 6) is -0.263. The van der Waals surface area contributed by atoms with Crippen LogP contribution in [-0.2, 0) is 4.74 Å². The predicted molar refractivity (Wildman–Crippen MR) is 65.5 cm³/mol. The third-order valence-corrected chi connectivity index (χ3v) is 2.84. The van der Waals surface area contributed by atoms with Gasteiger partial charge in [-0.1, -0.05) is 0 Å². The van der Waals surface area contributed by atoms with Crippen LogP contribution in [0, 0.1) is 0 Å². The highest BCUT2D eigenvalue weighted by Crippen LogP contribution is 2.12. The minimum absolute atomic E-state index is 0.0962. The van der Waals surface area contributed by atoms with E-state index in [1.54, 1.807) is 17.6 Å². The van der Waals surface area contributed by atoms with E-state index in [2.05, 4.69) is 9.72 Å². The summed E-state index contributed by atoms with van der Waals surface area (Å²) in [6.45, 7) is 0. The number of thiazole rings is 1. The second kappa shape index (κ2) is 5.42. The zero-order valence-electron chi connectivity index (χ0n) is 9.45. The van der Waals surface area contributed by atoms with Crippen molar-refractivity contribution in [3.8, 4) is 0 Å². The number of ketones is 1. The van der Waals surface area contributed by atoms with Crippen LogP contribution < -0.4 is 0 Å². The van der Waals surface area contributed by atoms with Crippen LogP contribution in [0.2, 0.25) is 0 Å². The monoisotopic (exact) mass is 263 g/mol. The summed E-state index contributed by atoms with van der Waals surface area (Å²) in [5.41, 5.74) is 0. The maximum atomic E-state index is 11.6. The van der Waals surface area contributed by atoms with Crippen LogP contribution in [0.25, 0.3) is 6.08 Å². The Morgan fingerprint density at radius 1 is 1.44 bits per heavy atom. The number of carbonyl (C=O) groups excluding carboxylic acids is 2. The number of furan rings is 1. The third-order valence-electron chi connectivity index (χ3n) is 2.06. The molecule has 0 aromatic carbocycles. The van der Waals surface area contributed by atoms with Crippen LogP contribution in [-0.4, -0.2) is 23.8 Å². The lowest BCUT2D eigenvalue weighted by Crippen LogP contribution is -1.98. The predicted octanol–water partition coefficient (Wildman–Crippen LogP) is 2.42. The number of methoxy groups -OCH3 is 1. The molecule has 2 aromatic heterocycles. The van der Waals surface area contributed by atoms with Gasteiger partial charge in [-0.3, -0.25) is 4.79 Å².